The van der Waals surface area contributed by atoms with E-state index in [9.17, 15) is 4.79 Å². The van der Waals surface area contributed by atoms with E-state index >= 15 is 0 Å². The first-order chi connectivity index (χ1) is 9.67. The largest absolute Gasteiger partial charge is 0.382 e. The molecule has 0 spiro atoms. The van der Waals surface area contributed by atoms with Gasteiger partial charge in [-0.1, -0.05) is 19.4 Å². The van der Waals surface area contributed by atoms with Gasteiger partial charge in [-0.15, -0.1) is 0 Å². The number of rotatable bonds is 4. The Kier molecular flexibility index (Phi) is 3.68. The predicted molar refractivity (Wildman–Crippen MR) is 83.0 cm³/mol. The standard InChI is InChI=1S/C17H24N2O/c1-3-17(20)19-15-6-4-5-14(11(15)2)18-16-10-12-7-8-13(16)9-12/h4-6,12-13,16,18H,3,7-10H2,1-2H3,(H,19,20). The van der Waals surface area contributed by atoms with Gasteiger partial charge in [0.15, 0.2) is 0 Å². The zero-order valence-electron chi connectivity index (χ0n) is 12.4. The van der Waals surface area contributed by atoms with Gasteiger partial charge >= 0.3 is 0 Å². The van der Waals surface area contributed by atoms with Crippen LogP contribution in [-0.4, -0.2) is 11.9 Å². The van der Waals surface area contributed by atoms with Gasteiger partial charge < -0.3 is 10.6 Å². The van der Waals surface area contributed by atoms with Crippen molar-refractivity contribution in [1.29, 1.82) is 0 Å². The van der Waals surface area contributed by atoms with Crippen molar-refractivity contribution in [2.45, 2.75) is 52.0 Å². The molecule has 0 saturated heterocycles. The Labute approximate surface area is 121 Å². The van der Waals surface area contributed by atoms with Crippen molar-refractivity contribution < 1.29 is 4.79 Å². The van der Waals surface area contributed by atoms with Crippen molar-refractivity contribution in [3.63, 3.8) is 0 Å². The zero-order chi connectivity index (χ0) is 14.1. The number of amides is 1. The topological polar surface area (TPSA) is 41.1 Å². The maximum atomic E-state index is 11.6. The highest BCUT2D eigenvalue weighted by molar-refractivity contribution is 5.92. The van der Waals surface area contributed by atoms with Gasteiger partial charge in [0.25, 0.3) is 0 Å². The van der Waals surface area contributed by atoms with E-state index < -0.39 is 0 Å². The second-order valence-electron chi connectivity index (χ2n) is 6.31. The number of hydrogen-bond acceptors (Lipinski definition) is 2. The van der Waals surface area contributed by atoms with E-state index in [4.69, 9.17) is 0 Å². The van der Waals surface area contributed by atoms with Crippen LogP contribution < -0.4 is 10.6 Å². The van der Waals surface area contributed by atoms with E-state index in [0.29, 0.717) is 12.5 Å². The van der Waals surface area contributed by atoms with Crippen molar-refractivity contribution in [2.24, 2.45) is 11.8 Å². The monoisotopic (exact) mass is 272 g/mol. The molecule has 3 heteroatoms. The summed E-state index contributed by atoms with van der Waals surface area (Å²) < 4.78 is 0. The molecule has 1 amide bonds. The number of carbonyl (C=O) groups is 1. The van der Waals surface area contributed by atoms with E-state index in [2.05, 4.69) is 23.6 Å². The Balaban J connectivity index is 1.73. The first-order valence-electron chi connectivity index (χ1n) is 7.83. The molecule has 3 atom stereocenters. The molecule has 1 aromatic carbocycles. The Hall–Kier alpha value is -1.51. The van der Waals surface area contributed by atoms with Crippen molar-refractivity contribution in [3.8, 4) is 0 Å². The van der Waals surface area contributed by atoms with Crippen LogP contribution in [0.25, 0.3) is 0 Å². The van der Waals surface area contributed by atoms with Crippen LogP contribution >= 0.6 is 0 Å². The number of anilines is 2. The molecule has 3 rings (SSSR count). The van der Waals surface area contributed by atoms with E-state index in [1.54, 1.807) is 0 Å². The first kappa shape index (κ1) is 13.5. The average Bonchev–Trinajstić information content (AvgIpc) is 3.05. The highest BCUT2D eigenvalue weighted by atomic mass is 16.1. The molecule has 2 bridgehead atoms. The van der Waals surface area contributed by atoms with Crippen LogP contribution in [0.5, 0.6) is 0 Å². The number of carbonyl (C=O) groups excluding carboxylic acids is 1. The van der Waals surface area contributed by atoms with E-state index in [0.717, 1.165) is 23.1 Å². The third-order valence-electron chi connectivity index (χ3n) is 5.01. The Morgan fingerprint density at radius 1 is 1.25 bits per heavy atom. The van der Waals surface area contributed by atoms with Crippen LogP contribution in [0.4, 0.5) is 11.4 Å². The van der Waals surface area contributed by atoms with Crippen LogP contribution in [0.2, 0.25) is 0 Å². The molecule has 0 heterocycles. The van der Waals surface area contributed by atoms with Crippen LogP contribution in [0.1, 0.15) is 44.6 Å². The van der Waals surface area contributed by atoms with Crippen molar-refractivity contribution >= 4 is 17.3 Å². The molecule has 0 aromatic heterocycles. The summed E-state index contributed by atoms with van der Waals surface area (Å²) in [4.78, 5) is 11.6. The highest BCUT2D eigenvalue weighted by Gasteiger charge is 2.39. The normalized spacial score (nSPS) is 27.6. The Morgan fingerprint density at radius 2 is 2.05 bits per heavy atom. The third kappa shape index (κ3) is 2.54. The molecule has 2 N–H and O–H groups in total. The van der Waals surface area contributed by atoms with Crippen LogP contribution in [-0.2, 0) is 4.79 Å². The molecule has 3 nitrogen and oxygen atoms in total. The van der Waals surface area contributed by atoms with E-state index in [1.807, 2.05) is 19.1 Å². The van der Waals surface area contributed by atoms with Crippen molar-refractivity contribution in [1.82, 2.24) is 0 Å². The minimum atomic E-state index is 0.0742. The van der Waals surface area contributed by atoms with Gasteiger partial charge in [0.05, 0.1) is 0 Å². The molecule has 108 valence electrons. The second kappa shape index (κ2) is 5.47. The van der Waals surface area contributed by atoms with Gasteiger partial charge in [0.1, 0.15) is 0 Å². The predicted octanol–water partition coefficient (Wildman–Crippen LogP) is 3.94. The zero-order valence-corrected chi connectivity index (χ0v) is 12.4. The quantitative estimate of drug-likeness (QED) is 0.871. The van der Waals surface area contributed by atoms with Gasteiger partial charge in [0, 0.05) is 23.8 Å². The lowest BCUT2D eigenvalue weighted by molar-refractivity contribution is -0.115. The maximum absolute atomic E-state index is 11.6. The summed E-state index contributed by atoms with van der Waals surface area (Å²) in [5.74, 6) is 1.87. The minimum Gasteiger partial charge on any atom is -0.382 e. The van der Waals surface area contributed by atoms with Crippen LogP contribution in [0, 0.1) is 18.8 Å². The fourth-order valence-corrected chi connectivity index (χ4v) is 3.79. The fourth-order valence-electron chi connectivity index (χ4n) is 3.79. The first-order valence-corrected chi connectivity index (χ1v) is 7.83. The molecular weight excluding hydrogens is 248 g/mol. The average molecular weight is 272 g/mol. The van der Waals surface area contributed by atoms with Gasteiger partial charge in [-0.2, -0.15) is 0 Å². The van der Waals surface area contributed by atoms with Crippen molar-refractivity contribution in [2.75, 3.05) is 10.6 Å². The SMILES string of the molecule is CCC(=O)Nc1cccc(NC2CC3CCC2C3)c1C. The summed E-state index contributed by atoms with van der Waals surface area (Å²) in [5.41, 5.74) is 3.26. The van der Waals surface area contributed by atoms with Gasteiger partial charge in [-0.3, -0.25) is 4.79 Å². The third-order valence-corrected chi connectivity index (χ3v) is 5.01. The highest BCUT2D eigenvalue weighted by Crippen LogP contribution is 2.45. The molecular formula is C17H24N2O. The lowest BCUT2D eigenvalue weighted by atomic mass is 9.95. The summed E-state index contributed by atoms with van der Waals surface area (Å²) in [6, 6.07) is 6.76. The Morgan fingerprint density at radius 3 is 2.70 bits per heavy atom. The molecule has 3 unspecified atom stereocenters. The van der Waals surface area contributed by atoms with Gasteiger partial charge in [-0.25, -0.2) is 0 Å². The number of fused-ring (bicyclic) bond motifs is 2. The molecule has 1 aromatic rings. The maximum Gasteiger partial charge on any atom is 0.224 e. The summed E-state index contributed by atoms with van der Waals surface area (Å²) in [5, 5.41) is 6.70. The summed E-state index contributed by atoms with van der Waals surface area (Å²) in [7, 11) is 0. The lowest BCUT2D eigenvalue weighted by Gasteiger charge is -2.25. The van der Waals surface area contributed by atoms with Crippen LogP contribution in [0.15, 0.2) is 18.2 Å². The van der Waals surface area contributed by atoms with E-state index in [-0.39, 0.29) is 5.91 Å². The lowest BCUT2D eigenvalue weighted by Crippen LogP contribution is -2.26. The minimum absolute atomic E-state index is 0.0742. The number of benzene rings is 1. The van der Waals surface area contributed by atoms with Crippen LogP contribution in [0.3, 0.4) is 0 Å². The smallest absolute Gasteiger partial charge is 0.224 e. The molecule has 20 heavy (non-hydrogen) atoms. The fraction of sp³-hybridized carbons (Fsp3) is 0.588. The molecule has 2 saturated carbocycles. The number of nitrogens with one attached hydrogen (secondary N) is 2. The summed E-state index contributed by atoms with van der Waals surface area (Å²) >= 11 is 0. The molecule has 0 aliphatic heterocycles. The van der Waals surface area contributed by atoms with E-state index in [1.165, 1.54) is 31.4 Å². The summed E-state index contributed by atoms with van der Waals surface area (Å²) in [6.07, 6.45) is 6.05. The van der Waals surface area contributed by atoms with Gasteiger partial charge in [-0.05, 0) is 55.7 Å². The van der Waals surface area contributed by atoms with Crippen molar-refractivity contribution in [3.05, 3.63) is 23.8 Å². The molecule has 2 aliphatic carbocycles. The molecule has 0 radical (unpaired) electrons. The second-order valence-corrected chi connectivity index (χ2v) is 6.31. The Bertz CT molecular complexity index is 512. The number of hydrogen-bond donors (Lipinski definition) is 2. The molecule has 2 aliphatic rings. The summed E-state index contributed by atoms with van der Waals surface area (Å²) in [6.45, 7) is 3.96. The molecule has 2 fully saturated rings. The van der Waals surface area contributed by atoms with Gasteiger partial charge in [0.2, 0.25) is 5.91 Å².